The Morgan fingerprint density at radius 1 is 1.41 bits per heavy atom. The van der Waals surface area contributed by atoms with E-state index in [0.29, 0.717) is 6.54 Å². The maximum absolute atomic E-state index is 10.8. The molecule has 0 aliphatic rings. The molecule has 0 fully saturated rings. The van der Waals surface area contributed by atoms with Gasteiger partial charge >= 0.3 is 5.97 Å². The van der Waals surface area contributed by atoms with Crippen LogP contribution >= 0.6 is 0 Å². The number of carboxylic acid groups (broad SMARTS) is 1. The molecule has 0 spiro atoms. The van der Waals surface area contributed by atoms with E-state index in [2.05, 4.69) is 11.8 Å². The number of benzene rings is 1. The van der Waals surface area contributed by atoms with Crippen molar-refractivity contribution in [1.82, 2.24) is 4.57 Å². The molecule has 86 valence electrons. The van der Waals surface area contributed by atoms with Crippen LogP contribution in [0, 0.1) is 11.8 Å². The van der Waals surface area contributed by atoms with Crippen molar-refractivity contribution in [2.24, 2.45) is 0 Å². The van der Waals surface area contributed by atoms with Crippen molar-refractivity contribution in [1.29, 1.82) is 0 Å². The molecule has 0 saturated heterocycles. The molecule has 3 nitrogen and oxygen atoms in total. The van der Waals surface area contributed by atoms with Crippen molar-refractivity contribution in [2.45, 2.75) is 19.9 Å². The number of hydrogen-bond acceptors (Lipinski definition) is 1. The summed E-state index contributed by atoms with van der Waals surface area (Å²) in [5.74, 6) is 5.02. The van der Waals surface area contributed by atoms with E-state index in [9.17, 15) is 4.79 Å². The van der Waals surface area contributed by atoms with Crippen LogP contribution in [-0.4, -0.2) is 15.6 Å². The lowest BCUT2D eigenvalue weighted by molar-refractivity contribution is -0.136. The van der Waals surface area contributed by atoms with Gasteiger partial charge in [0.15, 0.2) is 0 Å². The molecule has 0 bridgehead atoms. The molecule has 0 aliphatic heterocycles. The van der Waals surface area contributed by atoms with Crippen molar-refractivity contribution in [3.63, 3.8) is 0 Å². The molecule has 0 amide bonds. The fraction of sp³-hybridized carbons (Fsp3) is 0.214. The lowest BCUT2D eigenvalue weighted by Crippen LogP contribution is -1.99. The molecule has 17 heavy (non-hydrogen) atoms. The van der Waals surface area contributed by atoms with Gasteiger partial charge in [-0.1, -0.05) is 24.1 Å². The molecule has 2 rings (SSSR count). The molecule has 1 aromatic heterocycles. The van der Waals surface area contributed by atoms with Crippen molar-refractivity contribution in [2.75, 3.05) is 0 Å². The molecule has 0 saturated carbocycles. The third kappa shape index (κ3) is 2.31. The number of fused-ring (bicyclic) bond motifs is 1. The molecule has 1 aromatic carbocycles. The summed E-state index contributed by atoms with van der Waals surface area (Å²) in [4.78, 5) is 10.8. The Labute approximate surface area is 99.7 Å². The van der Waals surface area contributed by atoms with Crippen LogP contribution in [0.3, 0.4) is 0 Å². The van der Waals surface area contributed by atoms with Gasteiger partial charge in [0.2, 0.25) is 0 Å². The van der Waals surface area contributed by atoms with E-state index in [-0.39, 0.29) is 6.42 Å². The molecule has 0 aliphatic carbocycles. The molecule has 2 aromatic rings. The number of rotatable bonds is 3. The van der Waals surface area contributed by atoms with E-state index in [4.69, 9.17) is 5.11 Å². The maximum Gasteiger partial charge on any atom is 0.307 e. The summed E-state index contributed by atoms with van der Waals surface area (Å²) >= 11 is 0. The lowest BCUT2D eigenvalue weighted by Gasteiger charge is -1.97. The number of para-hydroxylation sites is 1. The van der Waals surface area contributed by atoms with Crippen LogP contribution in [0.4, 0.5) is 0 Å². The maximum atomic E-state index is 10.8. The molecule has 3 heteroatoms. The molecular formula is C14H13NO2. The van der Waals surface area contributed by atoms with Crippen LogP contribution in [0.1, 0.15) is 12.5 Å². The SMILES string of the molecule is CC#CCn1cc(CC(=O)O)c2ccccc21. The second kappa shape index (κ2) is 4.75. The Morgan fingerprint density at radius 3 is 2.88 bits per heavy atom. The van der Waals surface area contributed by atoms with Gasteiger partial charge in [0.05, 0.1) is 13.0 Å². The van der Waals surface area contributed by atoms with Gasteiger partial charge in [0.25, 0.3) is 0 Å². The molecule has 1 heterocycles. The van der Waals surface area contributed by atoms with Crippen LogP contribution in [0.5, 0.6) is 0 Å². The van der Waals surface area contributed by atoms with Crippen LogP contribution in [0.15, 0.2) is 30.5 Å². The average Bonchev–Trinajstić information content (AvgIpc) is 2.65. The third-order valence-electron chi connectivity index (χ3n) is 2.64. The highest BCUT2D eigenvalue weighted by Crippen LogP contribution is 2.21. The van der Waals surface area contributed by atoms with Crippen molar-refractivity contribution < 1.29 is 9.90 Å². The van der Waals surface area contributed by atoms with E-state index in [1.165, 1.54) is 0 Å². The summed E-state index contributed by atoms with van der Waals surface area (Å²) in [6.45, 7) is 2.39. The first-order chi connectivity index (χ1) is 8.22. The number of nitrogens with zero attached hydrogens (tertiary/aromatic N) is 1. The summed E-state index contributed by atoms with van der Waals surface area (Å²) in [6, 6.07) is 7.80. The predicted molar refractivity (Wildman–Crippen MR) is 66.7 cm³/mol. The van der Waals surface area contributed by atoms with Gasteiger partial charge in [-0.05, 0) is 18.6 Å². The second-order valence-corrected chi connectivity index (χ2v) is 3.80. The summed E-state index contributed by atoms with van der Waals surface area (Å²) in [5.41, 5.74) is 1.87. The highest BCUT2D eigenvalue weighted by Gasteiger charge is 2.09. The summed E-state index contributed by atoms with van der Waals surface area (Å²) < 4.78 is 1.99. The van der Waals surface area contributed by atoms with Gasteiger partial charge in [-0.3, -0.25) is 4.79 Å². The van der Waals surface area contributed by atoms with Gasteiger partial charge in [0.1, 0.15) is 0 Å². The fourth-order valence-corrected chi connectivity index (χ4v) is 1.92. The van der Waals surface area contributed by atoms with Crippen molar-refractivity contribution in [3.05, 3.63) is 36.0 Å². The largest absolute Gasteiger partial charge is 0.481 e. The monoisotopic (exact) mass is 227 g/mol. The minimum Gasteiger partial charge on any atom is -0.481 e. The van der Waals surface area contributed by atoms with E-state index in [1.807, 2.05) is 35.0 Å². The first-order valence-electron chi connectivity index (χ1n) is 5.40. The Balaban J connectivity index is 2.52. The zero-order valence-electron chi connectivity index (χ0n) is 9.60. The van der Waals surface area contributed by atoms with Gasteiger partial charge in [-0.2, -0.15) is 0 Å². The zero-order chi connectivity index (χ0) is 12.3. The van der Waals surface area contributed by atoms with E-state index in [0.717, 1.165) is 16.5 Å². The van der Waals surface area contributed by atoms with Crippen molar-refractivity contribution in [3.8, 4) is 11.8 Å². The predicted octanol–water partition coefficient (Wildman–Crippen LogP) is 2.29. The average molecular weight is 227 g/mol. The quantitative estimate of drug-likeness (QED) is 0.817. The Bertz CT molecular complexity index is 614. The van der Waals surface area contributed by atoms with Crippen LogP contribution in [-0.2, 0) is 17.8 Å². The second-order valence-electron chi connectivity index (χ2n) is 3.80. The van der Waals surface area contributed by atoms with Crippen LogP contribution in [0.2, 0.25) is 0 Å². The van der Waals surface area contributed by atoms with Gasteiger partial charge in [-0.15, -0.1) is 5.92 Å². The smallest absolute Gasteiger partial charge is 0.307 e. The lowest BCUT2D eigenvalue weighted by atomic mass is 10.1. The minimum atomic E-state index is -0.811. The van der Waals surface area contributed by atoms with E-state index in [1.54, 1.807) is 6.92 Å². The first-order valence-corrected chi connectivity index (χ1v) is 5.40. The Hall–Kier alpha value is -2.21. The number of carboxylic acids is 1. The number of aliphatic carboxylic acids is 1. The normalized spacial score (nSPS) is 9.94. The third-order valence-corrected chi connectivity index (χ3v) is 2.64. The standard InChI is InChI=1S/C14H13NO2/c1-2-3-8-15-10-11(9-14(16)17)12-6-4-5-7-13(12)15/h4-7,10H,8-9H2,1H3,(H,16,17). The Kier molecular flexibility index (Phi) is 3.15. The number of aromatic nitrogens is 1. The Morgan fingerprint density at radius 2 is 2.18 bits per heavy atom. The zero-order valence-corrected chi connectivity index (χ0v) is 9.60. The molecular weight excluding hydrogens is 214 g/mol. The van der Waals surface area contributed by atoms with Crippen LogP contribution < -0.4 is 0 Å². The number of carbonyl (C=O) groups is 1. The van der Waals surface area contributed by atoms with E-state index >= 15 is 0 Å². The first kappa shape index (κ1) is 11.3. The fourth-order valence-electron chi connectivity index (χ4n) is 1.92. The summed E-state index contributed by atoms with van der Waals surface area (Å²) in [5, 5.41) is 9.87. The highest BCUT2D eigenvalue weighted by atomic mass is 16.4. The highest BCUT2D eigenvalue weighted by molar-refractivity contribution is 5.87. The topological polar surface area (TPSA) is 42.2 Å². The van der Waals surface area contributed by atoms with Gasteiger partial charge in [-0.25, -0.2) is 0 Å². The van der Waals surface area contributed by atoms with Gasteiger partial charge in [0, 0.05) is 17.1 Å². The minimum absolute atomic E-state index is 0.0487. The van der Waals surface area contributed by atoms with Gasteiger partial charge < -0.3 is 9.67 Å². The van der Waals surface area contributed by atoms with Crippen LogP contribution in [0.25, 0.3) is 10.9 Å². The molecule has 0 unspecified atom stereocenters. The van der Waals surface area contributed by atoms with Crippen molar-refractivity contribution >= 4 is 16.9 Å². The molecule has 0 radical (unpaired) electrons. The summed E-state index contributed by atoms with van der Waals surface area (Å²) in [7, 11) is 0. The molecule has 0 atom stereocenters. The number of hydrogen-bond donors (Lipinski definition) is 1. The van der Waals surface area contributed by atoms with E-state index < -0.39 is 5.97 Å². The summed E-state index contributed by atoms with van der Waals surface area (Å²) in [6.07, 6.45) is 1.93. The molecule has 1 N–H and O–H groups in total.